The molecule has 1 aliphatic heterocycles. The third-order valence-electron chi connectivity index (χ3n) is 4.49. The van der Waals surface area contributed by atoms with Crippen LogP contribution in [0.4, 0.5) is 14.6 Å². The zero-order valence-corrected chi connectivity index (χ0v) is 16.1. The van der Waals surface area contributed by atoms with Gasteiger partial charge in [0.25, 0.3) is 0 Å². The molecule has 0 radical (unpaired) electrons. The number of rotatable bonds is 7. The molecule has 148 valence electrons. The van der Waals surface area contributed by atoms with Crippen molar-refractivity contribution in [1.29, 1.82) is 0 Å². The van der Waals surface area contributed by atoms with Crippen molar-refractivity contribution in [3.05, 3.63) is 53.7 Å². The Morgan fingerprint density at radius 3 is 2.44 bits per heavy atom. The minimum atomic E-state index is -2.82. The number of ether oxygens (including phenoxy) is 1. The molecule has 0 atom stereocenters. The molecule has 3 rings (SSSR count). The number of likely N-dealkylation sites (N-methyl/N-ethyl adjacent to an activating group) is 1. The number of hydrogen-bond donors (Lipinski definition) is 1. The van der Waals surface area contributed by atoms with Crippen LogP contribution in [0, 0.1) is 0 Å². The van der Waals surface area contributed by atoms with Crippen molar-refractivity contribution in [3.63, 3.8) is 0 Å². The van der Waals surface area contributed by atoms with Crippen LogP contribution in [0.3, 0.4) is 0 Å². The summed E-state index contributed by atoms with van der Waals surface area (Å²) < 4.78 is 29.6. The van der Waals surface area contributed by atoms with Gasteiger partial charge in [0, 0.05) is 56.6 Å². The molecule has 8 heteroatoms. The largest absolute Gasteiger partial charge is 0.434 e. The number of anilines is 1. The maximum atomic E-state index is 12.5. The molecular formula is C19H25ClF2N4O. The highest BCUT2D eigenvalue weighted by Crippen LogP contribution is 2.21. The van der Waals surface area contributed by atoms with E-state index in [1.807, 2.05) is 18.3 Å². The maximum Gasteiger partial charge on any atom is 0.387 e. The Hall–Kier alpha value is -1.96. The molecule has 1 aromatic carbocycles. The van der Waals surface area contributed by atoms with Gasteiger partial charge in [-0.3, -0.25) is 0 Å². The smallest absolute Gasteiger partial charge is 0.387 e. The number of halogens is 3. The molecule has 0 aliphatic carbocycles. The third-order valence-corrected chi connectivity index (χ3v) is 4.49. The minimum absolute atomic E-state index is 0. The average Bonchev–Trinajstić information content (AvgIpc) is 2.64. The lowest BCUT2D eigenvalue weighted by Gasteiger charge is -2.34. The van der Waals surface area contributed by atoms with Crippen LogP contribution in [0.1, 0.15) is 11.1 Å². The van der Waals surface area contributed by atoms with E-state index in [-0.39, 0.29) is 18.2 Å². The molecule has 2 aromatic rings. The number of piperazine rings is 1. The lowest BCUT2D eigenvalue weighted by atomic mass is 10.2. The SMILES string of the molecule is CN1CCN(c2ncccc2CNCc2ccccc2OC(F)F)CC1.Cl. The molecule has 0 amide bonds. The van der Waals surface area contributed by atoms with E-state index in [2.05, 4.69) is 38.0 Å². The van der Waals surface area contributed by atoms with Crippen LogP contribution >= 0.6 is 12.4 Å². The second-order valence-electron chi connectivity index (χ2n) is 6.37. The van der Waals surface area contributed by atoms with Gasteiger partial charge in [-0.2, -0.15) is 8.78 Å². The van der Waals surface area contributed by atoms with Gasteiger partial charge in [0.2, 0.25) is 0 Å². The van der Waals surface area contributed by atoms with Crippen LogP contribution in [-0.2, 0) is 13.1 Å². The molecule has 1 fully saturated rings. The molecule has 1 aliphatic rings. The predicted octanol–water partition coefficient (Wildman–Crippen LogP) is 3.15. The van der Waals surface area contributed by atoms with Crippen LogP contribution < -0.4 is 15.0 Å². The van der Waals surface area contributed by atoms with Gasteiger partial charge in [0.15, 0.2) is 0 Å². The van der Waals surface area contributed by atoms with Gasteiger partial charge in [0.05, 0.1) is 0 Å². The first-order chi connectivity index (χ1) is 12.6. The van der Waals surface area contributed by atoms with Crippen molar-refractivity contribution in [1.82, 2.24) is 15.2 Å². The summed E-state index contributed by atoms with van der Waals surface area (Å²) >= 11 is 0. The number of nitrogens with one attached hydrogen (secondary N) is 1. The van der Waals surface area contributed by atoms with Crippen molar-refractivity contribution in [2.24, 2.45) is 0 Å². The van der Waals surface area contributed by atoms with Gasteiger partial charge in [-0.25, -0.2) is 4.98 Å². The van der Waals surface area contributed by atoms with Crippen molar-refractivity contribution >= 4 is 18.2 Å². The van der Waals surface area contributed by atoms with Crippen molar-refractivity contribution in [2.75, 3.05) is 38.1 Å². The van der Waals surface area contributed by atoms with E-state index in [0.29, 0.717) is 18.7 Å². The Morgan fingerprint density at radius 2 is 1.70 bits per heavy atom. The summed E-state index contributed by atoms with van der Waals surface area (Å²) in [5.41, 5.74) is 1.81. The van der Waals surface area contributed by atoms with E-state index in [0.717, 1.165) is 37.6 Å². The first-order valence-electron chi connectivity index (χ1n) is 8.74. The average molecular weight is 399 g/mol. The number of alkyl halides is 2. The Bertz CT molecular complexity index is 712. The minimum Gasteiger partial charge on any atom is -0.434 e. The second-order valence-corrected chi connectivity index (χ2v) is 6.37. The fourth-order valence-corrected chi connectivity index (χ4v) is 3.06. The molecule has 0 bridgehead atoms. The Labute approximate surface area is 164 Å². The van der Waals surface area contributed by atoms with Crippen molar-refractivity contribution in [2.45, 2.75) is 19.7 Å². The first kappa shape index (κ1) is 21.3. The lowest BCUT2D eigenvalue weighted by molar-refractivity contribution is -0.0505. The van der Waals surface area contributed by atoms with Crippen LogP contribution in [0.2, 0.25) is 0 Å². The molecule has 1 N–H and O–H groups in total. The maximum absolute atomic E-state index is 12.5. The number of pyridine rings is 1. The number of benzene rings is 1. The molecule has 1 saturated heterocycles. The highest BCUT2D eigenvalue weighted by molar-refractivity contribution is 5.85. The fraction of sp³-hybridized carbons (Fsp3) is 0.421. The highest BCUT2D eigenvalue weighted by Gasteiger charge is 2.17. The van der Waals surface area contributed by atoms with Crippen LogP contribution in [0.15, 0.2) is 42.6 Å². The van der Waals surface area contributed by atoms with E-state index in [1.54, 1.807) is 18.2 Å². The summed E-state index contributed by atoms with van der Waals surface area (Å²) in [6.07, 6.45) is 1.81. The fourth-order valence-electron chi connectivity index (χ4n) is 3.06. The molecule has 5 nitrogen and oxygen atoms in total. The zero-order chi connectivity index (χ0) is 18.4. The van der Waals surface area contributed by atoms with Crippen LogP contribution in [-0.4, -0.2) is 49.7 Å². The summed E-state index contributed by atoms with van der Waals surface area (Å²) in [5, 5.41) is 3.32. The normalized spacial score (nSPS) is 14.9. The van der Waals surface area contributed by atoms with Crippen molar-refractivity contribution in [3.8, 4) is 5.75 Å². The number of hydrogen-bond acceptors (Lipinski definition) is 5. The molecule has 1 aromatic heterocycles. The Balaban J connectivity index is 0.00000261. The predicted molar refractivity (Wildman–Crippen MR) is 105 cm³/mol. The van der Waals surface area contributed by atoms with Gasteiger partial charge in [-0.15, -0.1) is 12.4 Å². The van der Waals surface area contributed by atoms with Gasteiger partial charge < -0.3 is 19.9 Å². The molecule has 2 heterocycles. The monoisotopic (exact) mass is 398 g/mol. The topological polar surface area (TPSA) is 40.6 Å². The molecule has 0 spiro atoms. The first-order valence-corrected chi connectivity index (χ1v) is 8.74. The summed E-state index contributed by atoms with van der Waals surface area (Å²) in [6.45, 7) is 2.16. The van der Waals surface area contributed by atoms with Gasteiger partial charge in [0.1, 0.15) is 11.6 Å². The number of para-hydroxylation sites is 1. The number of aromatic nitrogens is 1. The summed E-state index contributed by atoms with van der Waals surface area (Å²) in [7, 11) is 2.12. The van der Waals surface area contributed by atoms with E-state index >= 15 is 0 Å². The highest BCUT2D eigenvalue weighted by atomic mass is 35.5. The van der Waals surface area contributed by atoms with Crippen LogP contribution in [0.5, 0.6) is 5.75 Å². The zero-order valence-electron chi connectivity index (χ0n) is 15.3. The number of nitrogens with zero attached hydrogens (tertiary/aromatic N) is 3. The van der Waals surface area contributed by atoms with Crippen LogP contribution in [0.25, 0.3) is 0 Å². The Kier molecular flexibility index (Phi) is 8.22. The molecular weight excluding hydrogens is 374 g/mol. The summed E-state index contributed by atoms with van der Waals surface area (Å²) in [4.78, 5) is 9.15. The van der Waals surface area contributed by atoms with Gasteiger partial charge in [-0.05, 0) is 19.2 Å². The second kappa shape index (κ2) is 10.4. The molecule has 27 heavy (non-hydrogen) atoms. The standard InChI is InChI=1S/C19H24F2N4O.ClH/c1-24-9-11-25(12-10-24)18-16(6-4-8-23-18)14-22-13-15-5-2-3-7-17(15)26-19(20)21;/h2-8,19,22H,9-14H2,1H3;1H. The van der Waals surface area contributed by atoms with E-state index in [9.17, 15) is 8.78 Å². The van der Waals surface area contributed by atoms with E-state index in [4.69, 9.17) is 0 Å². The molecule has 0 saturated carbocycles. The van der Waals surface area contributed by atoms with E-state index in [1.165, 1.54) is 0 Å². The quantitative estimate of drug-likeness (QED) is 0.776. The van der Waals surface area contributed by atoms with Crippen molar-refractivity contribution < 1.29 is 13.5 Å². The van der Waals surface area contributed by atoms with Gasteiger partial charge in [-0.1, -0.05) is 24.3 Å². The van der Waals surface area contributed by atoms with Gasteiger partial charge >= 0.3 is 6.61 Å². The summed E-state index contributed by atoms with van der Waals surface area (Å²) in [6, 6.07) is 10.8. The lowest BCUT2D eigenvalue weighted by Crippen LogP contribution is -2.45. The molecule has 0 unspecified atom stereocenters. The van der Waals surface area contributed by atoms with E-state index < -0.39 is 6.61 Å². The summed E-state index contributed by atoms with van der Waals surface area (Å²) in [5.74, 6) is 1.20. The third kappa shape index (κ3) is 6.02. The Morgan fingerprint density at radius 1 is 1.04 bits per heavy atom.